The van der Waals surface area contributed by atoms with Gasteiger partial charge in [0, 0.05) is 239 Å². The van der Waals surface area contributed by atoms with Gasteiger partial charge in [-0.05, 0) is 339 Å². The Morgan fingerprint density at radius 3 is 0.586 bits per heavy atom. The fourth-order valence-corrected chi connectivity index (χ4v) is 38.9. The van der Waals surface area contributed by atoms with Crippen LogP contribution in [-0.4, -0.2) is 204 Å². The summed E-state index contributed by atoms with van der Waals surface area (Å²) in [7, 11) is -0.307. The van der Waals surface area contributed by atoms with Gasteiger partial charge in [0.1, 0.15) is 28.2 Å². The highest BCUT2D eigenvalue weighted by Crippen LogP contribution is 2.69. The number of fused-ring (bicyclic) bond motifs is 25. The minimum absolute atomic E-state index is 0.0614. The quantitative estimate of drug-likeness (QED) is 0.100. The van der Waals surface area contributed by atoms with Crippen LogP contribution < -0.4 is 27.3 Å². The summed E-state index contributed by atoms with van der Waals surface area (Å²) in [5.41, 5.74) is 27.4. The van der Waals surface area contributed by atoms with Gasteiger partial charge in [0.25, 0.3) is 0 Å². The van der Waals surface area contributed by atoms with Gasteiger partial charge in [0.05, 0.1) is 28.6 Å². The molecule has 10 aromatic heterocycles. The summed E-state index contributed by atoms with van der Waals surface area (Å²) in [4.78, 5) is 51.2. The van der Waals surface area contributed by atoms with Crippen molar-refractivity contribution in [3.8, 4) is 0 Å². The van der Waals surface area contributed by atoms with Crippen molar-refractivity contribution in [3.05, 3.63) is 120 Å². The zero-order valence-electron chi connectivity index (χ0n) is 82.6. The van der Waals surface area contributed by atoms with Crippen LogP contribution >= 0.6 is 0 Å². The second kappa shape index (κ2) is 31.7. The van der Waals surface area contributed by atoms with Gasteiger partial charge in [-0.15, -0.1) is 0 Å². The molecule has 10 unspecified atom stereocenters. The molecule has 140 heavy (non-hydrogen) atoms. The molecule has 10 aliphatic heterocycles. The summed E-state index contributed by atoms with van der Waals surface area (Å²) in [6, 6.07) is 10.9. The minimum Gasteiger partial charge on any atom is -0.412 e. The van der Waals surface area contributed by atoms with Crippen molar-refractivity contribution >= 4 is 146 Å². The lowest BCUT2D eigenvalue weighted by molar-refractivity contribution is -0.0640. The summed E-state index contributed by atoms with van der Waals surface area (Å²) in [6.07, 6.45) is 60.9. The third kappa shape index (κ3) is 13.5. The van der Waals surface area contributed by atoms with E-state index in [9.17, 15) is 0 Å². The number of nitrogens with zero attached hydrogens (tertiary/aromatic N) is 15. The molecule has 5 saturated heterocycles. The van der Waals surface area contributed by atoms with Crippen molar-refractivity contribution in [1.29, 1.82) is 0 Å². The standard InChI is InChI=1S/5C22H27BN4O/c5*1-22-9-13-7-14(10-22)18(15(8-13)11-22)20-19-16-3-4-24-21(16)25-12-17(19)23-27(26-20)5-2-6-28-23/h5*3-4,12-15,18H,2,5-11H2,1H3,(H,24,25). The molecule has 20 saturated carbocycles. The number of pyridine rings is 5. The van der Waals surface area contributed by atoms with Crippen LogP contribution in [-0.2, 0) is 23.3 Å². The molecule has 10 aromatic rings. The predicted molar refractivity (Wildman–Crippen MR) is 552 cm³/mol. The monoisotopic (exact) mass is 1870 g/mol. The topological polar surface area (TPSA) is 268 Å². The Hall–Kier alpha value is -9.08. The second-order valence-electron chi connectivity index (χ2n) is 51.8. The van der Waals surface area contributed by atoms with E-state index in [0.717, 1.165) is 215 Å². The lowest BCUT2D eigenvalue weighted by Gasteiger charge is -2.59. The molecule has 25 fully saturated rings. The first-order valence-corrected chi connectivity index (χ1v) is 55.6. The first kappa shape index (κ1) is 85.3. The van der Waals surface area contributed by atoms with Gasteiger partial charge in [-0.2, -0.15) is 25.5 Å². The number of nitrogens with one attached hydrogen (secondary N) is 5. The Morgan fingerprint density at radius 2 is 0.421 bits per heavy atom. The molecule has 720 valence electrons. The van der Waals surface area contributed by atoms with Crippen LogP contribution in [0.5, 0.6) is 0 Å². The maximum atomic E-state index is 6.17. The molecule has 0 aromatic carbocycles. The fourth-order valence-electron chi connectivity index (χ4n) is 38.9. The number of H-pyrrole nitrogens is 5. The molecule has 30 heteroatoms. The molecule has 20 aliphatic carbocycles. The second-order valence-corrected chi connectivity index (χ2v) is 51.8. The molecular weight excluding hydrogens is 1740 g/mol. The van der Waals surface area contributed by atoms with Gasteiger partial charge in [-0.25, -0.2) is 24.9 Å². The number of aromatic amines is 5. The van der Waals surface area contributed by atoms with Gasteiger partial charge >= 0.3 is 35.3 Å². The van der Waals surface area contributed by atoms with Crippen LogP contribution in [0.1, 0.15) is 255 Å². The molecule has 0 amide bonds. The number of rotatable bonds is 5. The van der Waals surface area contributed by atoms with E-state index in [1.54, 1.807) is 0 Å². The zero-order valence-corrected chi connectivity index (χ0v) is 82.6. The Morgan fingerprint density at radius 1 is 0.250 bits per heavy atom. The van der Waals surface area contributed by atoms with Crippen LogP contribution in [0.25, 0.3) is 55.2 Å². The van der Waals surface area contributed by atoms with E-state index in [0.29, 0.717) is 56.7 Å². The SMILES string of the molecule is CC12CC3CC(C1)C(C1=NN4CCCOB4c4cnc5[nH]ccc5c41)C(C3)C2.CC12CC3CC(C1)C(C1=NN4CCCOB4c4cnc5[nH]ccc5c41)C(C3)C2.CC12CC3CC(C1)C(C1=NN4CCCOB4c4cnc5[nH]ccc5c41)C(C3)C2.CC12CC3CC(C1)C(C1=NN4CCCOB4c4cnc5[nH]ccc5c41)C(C3)C2.CC12CC3CC(C1)C(C1=NN4CCCOB4c4cnc5[nH]ccc5c41)C(C3)C2. The largest absolute Gasteiger partial charge is 0.471 e. The van der Waals surface area contributed by atoms with Crippen LogP contribution in [0.3, 0.4) is 0 Å². The molecule has 5 N–H and O–H groups in total. The van der Waals surface area contributed by atoms with E-state index >= 15 is 0 Å². The van der Waals surface area contributed by atoms with Gasteiger partial charge in [0.15, 0.2) is 0 Å². The molecule has 0 radical (unpaired) electrons. The van der Waals surface area contributed by atoms with E-state index in [4.69, 9.17) is 73.7 Å². The number of hydrazone groups is 5. The number of hydrogen-bond donors (Lipinski definition) is 5. The van der Waals surface area contributed by atoms with E-state index in [1.807, 2.05) is 62.0 Å². The summed E-state index contributed by atoms with van der Waals surface area (Å²) in [5, 5.41) is 32.8. The molecule has 0 spiro atoms. The number of aromatic nitrogens is 10. The van der Waals surface area contributed by atoms with Gasteiger partial charge in [0.2, 0.25) is 0 Å². The van der Waals surface area contributed by atoms with Gasteiger partial charge in [-0.1, -0.05) is 34.6 Å². The van der Waals surface area contributed by atoms with Gasteiger partial charge in [-0.3, -0.25) is 0 Å². The highest BCUT2D eigenvalue weighted by molar-refractivity contribution is 6.70. The van der Waals surface area contributed by atoms with E-state index in [2.05, 4.69) is 114 Å². The molecular formula is C110H135B5N20O5. The lowest BCUT2D eigenvalue weighted by atomic mass is 9.45. The van der Waals surface area contributed by atoms with Crippen LogP contribution in [0, 0.1) is 145 Å². The van der Waals surface area contributed by atoms with Crippen LogP contribution in [0.4, 0.5) is 0 Å². The summed E-state index contributed by atoms with van der Waals surface area (Å²) in [5.74, 6) is 15.8. The average molecular weight is 1870 g/mol. The van der Waals surface area contributed by atoms with Crippen LogP contribution in [0.15, 0.2) is 118 Å². The summed E-state index contributed by atoms with van der Waals surface area (Å²) >= 11 is 0. The smallest absolute Gasteiger partial charge is 0.412 e. The van der Waals surface area contributed by atoms with Crippen molar-refractivity contribution < 1.29 is 23.3 Å². The van der Waals surface area contributed by atoms with Crippen LogP contribution in [0.2, 0.25) is 0 Å². The summed E-state index contributed by atoms with van der Waals surface area (Å²) in [6.45, 7) is 21.7. The molecule has 10 atom stereocenters. The third-order valence-corrected chi connectivity index (χ3v) is 41.7. The highest BCUT2D eigenvalue weighted by atomic mass is 16.5. The molecule has 25 nitrogen and oxygen atoms in total. The zero-order chi connectivity index (χ0) is 92.3. The molecule has 20 heterocycles. The molecule has 30 aliphatic rings. The highest BCUT2D eigenvalue weighted by Gasteiger charge is 2.64. The fraction of sp³-hybridized carbons (Fsp3) is 0.636. The lowest BCUT2D eigenvalue weighted by Crippen LogP contribution is -2.59. The van der Waals surface area contributed by atoms with E-state index in [1.165, 1.54) is 271 Å². The maximum absolute atomic E-state index is 6.17. The van der Waals surface area contributed by atoms with E-state index in [-0.39, 0.29) is 35.3 Å². The maximum Gasteiger partial charge on any atom is 0.471 e. The normalized spacial score (nSPS) is 38.5. The Bertz CT molecular complexity index is 5850. The Balaban J connectivity index is 0.0000000806. The molecule has 20 bridgehead atoms. The van der Waals surface area contributed by atoms with Crippen molar-refractivity contribution in [2.75, 3.05) is 65.8 Å². The minimum atomic E-state index is -0.0614. The third-order valence-electron chi connectivity index (χ3n) is 41.7. The molecule has 40 rings (SSSR count). The van der Waals surface area contributed by atoms with E-state index < -0.39 is 0 Å². The Kier molecular flexibility index (Phi) is 19.3. The van der Waals surface area contributed by atoms with Gasteiger partial charge < -0.3 is 72.8 Å². The Labute approximate surface area is 823 Å². The van der Waals surface area contributed by atoms with Crippen molar-refractivity contribution in [2.45, 2.75) is 227 Å². The first-order valence-electron chi connectivity index (χ1n) is 55.6. The van der Waals surface area contributed by atoms with Crippen molar-refractivity contribution in [2.24, 2.45) is 171 Å². The summed E-state index contributed by atoms with van der Waals surface area (Å²) < 4.78 is 30.9. The predicted octanol–water partition coefficient (Wildman–Crippen LogP) is 15.8. The van der Waals surface area contributed by atoms with Crippen molar-refractivity contribution in [1.82, 2.24) is 74.4 Å². The first-order chi connectivity index (χ1) is 68.4. The number of hydrogen-bond acceptors (Lipinski definition) is 20. The average Bonchev–Trinajstić information content (AvgIpc) is 1.20. The van der Waals surface area contributed by atoms with Crippen molar-refractivity contribution in [3.63, 3.8) is 0 Å².